The fourth-order valence-electron chi connectivity index (χ4n) is 3.58. The van der Waals surface area contributed by atoms with E-state index in [0.29, 0.717) is 38.9 Å². The molecule has 5 heteroatoms. The van der Waals surface area contributed by atoms with E-state index < -0.39 is 0 Å². The molecule has 1 aliphatic rings. The number of hydrogen-bond donors (Lipinski definition) is 1. The number of amides is 2. The predicted molar refractivity (Wildman–Crippen MR) is 109 cm³/mol. The number of nitrogens with one attached hydrogen (secondary N) is 1. The molecule has 0 atom stereocenters. The number of carbonyl (C=O) groups is 2. The van der Waals surface area contributed by atoms with Crippen LogP contribution in [-0.4, -0.2) is 36.9 Å². The standard InChI is InChI=1S/C23H28N2O3/c1-17-4-3-5-19(14-17)15-22(26)25-12-10-20(11-13-25)23(27)24-16-18-6-8-21(28-2)9-7-18/h3-9,14,20H,10-13,15-16H2,1-2H3,(H,24,27). The summed E-state index contributed by atoms with van der Waals surface area (Å²) in [5.74, 6) is 0.989. The lowest BCUT2D eigenvalue weighted by Crippen LogP contribution is -2.43. The molecule has 1 aliphatic heterocycles. The summed E-state index contributed by atoms with van der Waals surface area (Å²) in [5.41, 5.74) is 3.25. The fourth-order valence-corrected chi connectivity index (χ4v) is 3.58. The van der Waals surface area contributed by atoms with Crippen LogP contribution in [0.15, 0.2) is 48.5 Å². The van der Waals surface area contributed by atoms with Crippen molar-refractivity contribution in [2.45, 2.75) is 32.7 Å². The maximum absolute atomic E-state index is 12.5. The number of hydrogen-bond acceptors (Lipinski definition) is 3. The van der Waals surface area contributed by atoms with Gasteiger partial charge < -0.3 is 15.0 Å². The topological polar surface area (TPSA) is 58.6 Å². The summed E-state index contributed by atoms with van der Waals surface area (Å²) in [6.07, 6.45) is 1.86. The molecule has 3 rings (SSSR count). The van der Waals surface area contributed by atoms with Crippen molar-refractivity contribution in [3.8, 4) is 5.75 Å². The Morgan fingerprint density at radius 3 is 2.43 bits per heavy atom. The second kappa shape index (κ2) is 9.40. The Kier molecular flexibility index (Phi) is 6.69. The molecule has 148 valence electrons. The van der Waals surface area contributed by atoms with Gasteiger partial charge >= 0.3 is 0 Å². The van der Waals surface area contributed by atoms with Gasteiger partial charge in [0.25, 0.3) is 0 Å². The maximum atomic E-state index is 12.5. The van der Waals surface area contributed by atoms with E-state index in [-0.39, 0.29) is 17.7 Å². The molecule has 2 aromatic carbocycles. The number of methoxy groups -OCH3 is 1. The van der Waals surface area contributed by atoms with Crippen molar-refractivity contribution in [3.05, 3.63) is 65.2 Å². The Morgan fingerprint density at radius 2 is 1.79 bits per heavy atom. The van der Waals surface area contributed by atoms with E-state index in [1.54, 1.807) is 7.11 Å². The van der Waals surface area contributed by atoms with Crippen molar-refractivity contribution in [1.82, 2.24) is 10.2 Å². The van der Waals surface area contributed by atoms with Gasteiger partial charge in [0.15, 0.2) is 0 Å². The van der Waals surface area contributed by atoms with Crippen LogP contribution in [0.2, 0.25) is 0 Å². The monoisotopic (exact) mass is 380 g/mol. The molecule has 1 heterocycles. The Hall–Kier alpha value is -2.82. The van der Waals surface area contributed by atoms with Crippen molar-refractivity contribution in [1.29, 1.82) is 0 Å². The molecule has 0 radical (unpaired) electrons. The van der Waals surface area contributed by atoms with Crippen molar-refractivity contribution in [3.63, 3.8) is 0 Å². The van der Waals surface area contributed by atoms with Gasteiger partial charge in [0.2, 0.25) is 11.8 Å². The van der Waals surface area contributed by atoms with Crippen LogP contribution in [0.3, 0.4) is 0 Å². The molecule has 1 fully saturated rings. The zero-order valence-corrected chi connectivity index (χ0v) is 16.6. The van der Waals surface area contributed by atoms with E-state index in [9.17, 15) is 9.59 Å². The third kappa shape index (κ3) is 5.35. The van der Waals surface area contributed by atoms with Gasteiger partial charge in [0.1, 0.15) is 5.75 Å². The summed E-state index contributed by atoms with van der Waals surface area (Å²) in [6.45, 7) is 3.83. The molecule has 5 nitrogen and oxygen atoms in total. The van der Waals surface area contributed by atoms with Crippen LogP contribution in [0.4, 0.5) is 0 Å². The highest BCUT2D eigenvalue weighted by molar-refractivity contribution is 5.81. The molecule has 2 amide bonds. The van der Waals surface area contributed by atoms with E-state index in [4.69, 9.17) is 4.74 Å². The first-order valence-electron chi connectivity index (χ1n) is 9.79. The maximum Gasteiger partial charge on any atom is 0.226 e. The van der Waals surface area contributed by atoms with Gasteiger partial charge in [-0.1, -0.05) is 42.0 Å². The minimum absolute atomic E-state index is 0.0266. The summed E-state index contributed by atoms with van der Waals surface area (Å²) in [5, 5.41) is 3.01. The van der Waals surface area contributed by atoms with Gasteiger partial charge in [0, 0.05) is 25.6 Å². The Balaban J connectivity index is 1.43. The number of piperidine rings is 1. The van der Waals surface area contributed by atoms with Crippen LogP contribution >= 0.6 is 0 Å². The van der Waals surface area contributed by atoms with Crippen LogP contribution in [-0.2, 0) is 22.6 Å². The SMILES string of the molecule is COc1ccc(CNC(=O)C2CCN(C(=O)Cc3cccc(C)c3)CC2)cc1. The summed E-state index contributed by atoms with van der Waals surface area (Å²) < 4.78 is 5.14. The highest BCUT2D eigenvalue weighted by Gasteiger charge is 2.27. The van der Waals surface area contributed by atoms with Crippen LogP contribution in [0.25, 0.3) is 0 Å². The van der Waals surface area contributed by atoms with E-state index in [1.807, 2.05) is 54.3 Å². The first kappa shape index (κ1) is 19.9. The highest BCUT2D eigenvalue weighted by Crippen LogP contribution is 2.19. The lowest BCUT2D eigenvalue weighted by Gasteiger charge is -2.31. The summed E-state index contributed by atoms with van der Waals surface area (Å²) in [4.78, 5) is 26.9. The smallest absolute Gasteiger partial charge is 0.226 e. The number of carbonyl (C=O) groups excluding carboxylic acids is 2. The minimum Gasteiger partial charge on any atom is -0.497 e. The third-order valence-electron chi connectivity index (χ3n) is 5.28. The number of ether oxygens (including phenoxy) is 1. The van der Waals surface area contributed by atoms with E-state index in [2.05, 4.69) is 11.4 Å². The molecule has 0 aromatic heterocycles. The highest BCUT2D eigenvalue weighted by atomic mass is 16.5. The molecule has 0 spiro atoms. The Labute approximate surface area is 166 Å². The number of nitrogens with zero attached hydrogens (tertiary/aromatic N) is 1. The first-order chi connectivity index (χ1) is 13.5. The molecule has 0 saturated carbocycles. The quantitative estimate of drug-likeness (QED) is 0.838. The summed E-state index contributed by atoms with van der Waals surface area (Å²) in [6, 6.07) is 15.7. The van der Waals surface area contributed by atoms with Gasteiger partial charge in [-0.2, -0.15) is 0 Å². The lowest BCUT2D eigenvalue weighted by molar-refractivity contribution is -0.135. The zero-order valence-electron chi connectivity index (χ0n) is 16.6. The van der Waals surface area contributed by atoms with Crippen molar-refractivity contribution in [2.75, 3.05) is 20.2 Å². The second-order valence-corrected chi connectivity index (χ2v) is 7.39. The Bertz CT molecular complexity index is 809. The van der Waals surface area contributed by atoms with Crippen molar-refractivity contribution in [2.24, 2.45) is 5.92 Å². The second-order valence-electron chi connectivity index (χ2n) is 7.39. The molecule has 1 saturated heterocycles. The van der Waals surface area contributed by atoms with Gasteiger partial charge in [-0.25, -0.2) is 0 Å². The largest absolute Gasteiger partial charge is 0.497 e. The molecular formula is C23H28N2O3. The van der Waals surface area contributed by atoms with Gasteiger partial charge in [-0.05, 0) is 43.0 Å². The molecule has 2 aromatic rings. The summed E-state index contributed by atoms with van der Waals surface area (Å²) >= 11 is 0. The van der Waals surface area contributed by atoms with E-state index in [0.717, 1.165) is 22.4 Å². The average Bonchev–Trinajstić information content (AvgIpc) is 2.72. The van der Waals surface area contributed by atoms with Crippen LogP contribution in [0, 0.1) is 12.8 Å². The van der Waals surface area contributed by atoms with Crippen LogP contribution < -0.4 is 10.1 Å². The van der Waals surface area contributed by atoms with Gasteiger partial charge in [0.05, 0.1) is 13.5 Å². The predicted octanol–water partition coefficient (Wildman–Crippen LogP) is 3.10. The molecule has 0 bridgehead atoms. The third-order valence-corrected chi connectivity index (χ3v) is 5.28. The average molecular weight is 380 g/mol. The number of rotatable bonds is 6. The lowest BCUT2D eigenvalue weighted by atomic mass is 9.95. The molecule has 1 N–H and O–H groups in total. The van der Waals surface area contributed by atoms with Crippen molar-refractivity contribution < 1.29 is 14.3 Å². The Morgan fingerprint density at radius 1 is 1.07 bits per heavy atom. The van der Waals surface area contributed by atoms with Gasteiger partial charge in [-0.3, -0.25) is 9.59 Å². The van der Waals surface area contributed by atoms with Crippen LogP contribution in [0.5, 0.6) is 5.75 Å². The molecule has 28 heavy (non-hydrogen) atoms. The molecule has 0 unspecified atom stereocenters. The molecule has 0 aliphatic carbocycles. The summed E-state index contributed by atoms with van der Waals surface area (Å²) in [7, 11) is 1.63. The number of benzene rings is 2. The molecular weight excluding hydrogens is 352 g/mol. The van der Waals surface area contributed by atoms with Crippen LogP contribution in [0.1, 0.15) is 29.5 Å². The van der Waals surface area contributed by atoms with Gasteiger partial charge in [-0.15, -0.1) is 0 Å². The number of aryl methyl sites for hydroxylation is 1. The zero-order chi connectivity index (χ0) is 19.9. The van der Waals surface area contributed by atoms with E-state index in [1.165, 1.54) is 0 Å². The van der Waals surface area contributed by atoms with E-state index >= 15 is 0 Å². The first-order valence-corrected chi connectivity index (χ1v) is 9.79. The van der Waals surface area contributed by atoms with Crippen molar-refractivity contribution >= 4 is 11.8 Å². The normalized spacial score (nSPS) is 14.6. The number of likely N-dealkylation sites (tertiary alicyclic amines) is 1. The fraction of sp³-hybridized carbons (Fsp3) is 0.391. The minimum atomic E-state index is -0.0266.